The molecule has 0 aliphatic carbocycles. The van der Waals surface area contributed by atoms with Crippen molar-refractivity contribution in [1.82, 2.24) is 9.55 Å². The smallest absolute Gasteiger partial charge is 0.357 e. The highest BCUT2D eigenvalue weighted by Gasteiger charge is 2.21. The van der Waals surface area contributed by atoms with Gasteiger partial charge in [0.25, 0.3) is 0 Å². The fourth-order valence-electron chi connectivity index (χ4n) is 2.35. The van der Waals surface area contributed by atoms with Crippen LogP contribution in [0.25, 0.3) is 16.6 Å². The van der Waals surface area contributed by atoms with Gasteiger partial charge in [0.2, 0.25) is 0 Å². The Bertz CT molecular complexity index is 972. The highest BCUT2D eigenvalue weighted by molar-refractivity contribution is 5.96. The quantitative estimate of drug-likeness (QED) is 0.733. The molecule has 0 saturated heterocycles. The largest absolute Gasteiger partial charge is 0.464 e. The van der Waals surface area contributed by atoms with Crippen molar-refractivity contribution in [1.29, 1.82) is 5.26 Å². The summed E-state index contributed by atoms with van der Waals surface area (Å²) >= 11 is 0. The summed E-state index contributed by atoms with van der Waals surface area (Å²) < 4.78 is 19.4. The van der Waals surface area contributed by atoms with Crippen LogP contribution in [0, 0.1) is 17.1 Å². The third-order valence-corrected chi connectivity index (χ3v) is 3.46. The van der Waals surface area contributed by atoms with Gasteiger partial charge in [0.15, 0.2) is 5.69 Å². The topological polar surface area (TPSA) is 93.9 Å². The van der Waals surface area contributed by atoms with Crippen molar-refractivity contribution in [2.75, 3.05) is 12.8 Å². The molecule has 0 unspecified atom stereocenters. The summed E-state index contributed by atoms with van der Waals surface area (Å²) in [4.78, 5) is 16.0. The molecule has 0 aliphatic heterocycles. The number of hydrogen-bond donors (Lipinski definition) is 1. The number of carbonyl (C=O) groups excluding carboxylic acids is 1. The summed E-state index contributed by atoms with van der Waals surface area (Å²) in [6.45, 7) is 0. The van der Waals surface area contributed by atoms with E-state index in [1.807, 2.05) is 6.07 Å². The van der Waals surface area contributed by atoms with Gasteiger partial charge in [-0.25, -0.2) is 9.18 Å². The molecule has 0 saturated carbocycles. The van der Waals surface area contributed by atoms with Crippen LogP contribution in [0.4, 0.5) is 10.1 Å². The van der Waals surface area contributed by atoms with Crippen molar-refractivity contribution in [3.8, 4) is 11.8 Å². The van der Waals surface area contributed by atoms with Gasteiger partial charge < -0.3 is 15.0 Å². The van der Waals surface area contributed by atoms with Crippen LogP contribution < -0.4 is 5.73 Å². The van der Waals surface area contributed by atoms with Gasteiger partial charge in [-0.15, -0.1) is 0 Å². The van der Waals surface area contributed by atoms with Crippen molar-refractivity contribution in [2.24, 2.45) is 0 Å². The molecule has 0 spiro atoms. The molecule has 1 aromatic carbocycles. The first kappa shape index (κ1) is 14.5. The highest BCUT2D eigenvalue weighted by atomic mass is 19.1. The minimum atomic E-state index is -0.656. The number of fused-ring (bicyclic) bond motifs is 1. The fourth-order valence-corrected chi connectivity index (χ4v) is 2.35. The molecule has 3 aromatic rings. The van der Waals surface area contributed by atoms with Gasteiger partial charge in [0.1, 0.15) is 11.9 Å². The van der Waals surface area contributed by atoms with Crippen LogP contribution in [0.2, 0.25) is 0 Å². The number of methoxy groups -OCH3 is 1. The number of nitrogens with zero attached hydrogens (tertiary/aromatic N) is 3. The molecule has 0 amide bonds. The van der Waals surface area contributed by atoms with E-state index >= 15 is 0 Å². The Morgan fingerprint density at radius 1 is 1.43 bits per heavy atom. The maximum Gasteiger partial charge on any atom is 0.357 e. The van der Waals surface area contributed by atoms with Crippen molar-refractivity contribution in [2.45, 2.75) is 0 Å². The molecular weight excluding hydrogens is 299 g/mol. The molecule has 2 N–H and O–H groups in total. The number of nitrogen functional groups attached to an aromatic ring is 1. The minimum absolute atomic E-state index is 0.0477. The van der Waals surface area contributed by atoms with Crippen LogP contribution in [0.5, 0.6) is 0 Å². The van der Waals surface area contributed by atoms with E-state index in [9.17, 15) is 9.18 Å². The van der Waals surface area contributed by atoms with Crippen LogP contribution in [0.15, 0.2) is 36.7 Å². The first-order valence-corrected chi connectivity index (χ1v) is 6.60. The molecule has 7 heteroatoms. The molecular formula is C16H11FN4O2. The number of benzene rings is 1. The lowest BCUT2D eigenvalue weighted by Gasteiger charge is -2.09. The number of anilines is 1. The summed E-state index contributed by atoms with van der Waals surface area (Å²) in [5.41, 5.74) is 7.23. The second kappa shape index (κ2) is 5.42. The Morgan fingerprint density at radius 2 is 2.22 bits per heavy atom. The van der Waals surface area contributed by atoms with Crippen molar-refractivity contribution in [3.05, 3.63) is 53.7 Å². The Kier molecular flexibility index (Phi) is 3.43. The summed E-state index contributed by atoms with van der Waals surface area (Å²) in [7, 11) is 1.23. The average Bonchev–Trinajstić information content (AvgIpc) is 2.90. The van der Waals surface area contributed by atoms with Gasteiger partial charge >= 0.3 is 5.97 Å². The number of nitrogens with two attached hydrogens (primary N) is 1. The molecule has 0 aliphatic rings. The number of carbonyl (C=O) groups is 1. The van der Waals surface area contributed by atoms with Crippen LogP contribution in [-0.4, -0.2) is 22.6 Å². The van der Waals surface area contributed by atoms with E-state index in [4.69, 9.17) is 15.7 Å². The number of halogens is 1. The molecule has 3 rings (SSSR count). The number of pyridine rings is 1. The van der Waals surface area contributed by atoms with E-state index in [2.05, 4.69) is 4.98 Å². The Morgan fingerprint density at radius 3 is 2.91 bits per heavy atom. The lowest BCUT2D eigenvalue weighted by Crippen LogP contribution is -2.11. The third kappa shape index (κ3) is 2.36. The standard InChI is InChI=1S/C16H11FN4O2/c1-23-16(22)15-14(19)10(6-18)8-21(15)12-3-2-9-4-11(17)7-20-13(9)5-12/h2-5,7-8H,19H2,1H3. The normalized spacial score (nSPS) is 10.5. The monoisotopic (exact) mass is 310 g/mol. The molecule has 114 valence electrons. The van der Waals surface area contributed by atoms with E-state index in [0.29, 0.717) is 16.6 Å². The van der Waals surface area contributed by atoms with Crippen molar-refractivity contribution < 1.29 is 13.9 Å². The molecule has 23 heavy (non-hydrogen) atoms. The van der Waals surface area contributed by atoms with Gasteiger partial charge in [-0.1, -0.05) is 6.07 Å². The van der Waals surface area contributed by atoms with Crippen LogP contribution >= 0.6 is 0 Å². The van der Waals surface area contributed by atoms with E-state index in [-0.39, 0.29) is 16.9 Å². The molecule has 2 heterocycles. The van der Waals surface area contributed by atoms with E-state index in [1.165, 1.54) is 23.9 Å². The van der Waals surface area contributed by atoms with E-state index in [0.717, 1.165) is 6.20 Å². The van der Waals surface area contributed by atoms with Crippen molar-refractivity contribution >= 4 is 22.6 Å². The van der Waals surface area contributed by atoms with Gasteiger partial charge in [-0.2, -0.15) is 5.26 Å². The maximum atomic E-state index is 13.2. The van der Waals surface area contributed by atoms with Gasteiger partial charge in [-0.05, 0) is 18.2 Å². The van der Waals surface area contributed by atoms with Gasteiger partial charge in [0.05, 0.1) is 30.1 Å². The summed E-state index contributed by atoms with van der Waals surface area (Å²) in [6, 6.07) is 8.31. The zero-order chi connectivity index (χ0) is 16.6. The number of ether oxygens (including phenoxy) is 1. The highest BCUT2D eigenvalue weighted by Crippen LogP contribution is 2.26. The predicted molar refractivity (Wildman–Crippen MR) is 81.5 cm³/mol. The van der Waals surface area contributed by atoms with E-state index < -0.39 is 11.8 Å². The summed E-state index contributed by atoms with van der Waals surface area (Å²) in [6.07, 6.45) is 2.56. The van der Waals surface area contributed by atoms with Crippen LogP contribution in [0.1, 0.15) is 16.1 Å². The zero-order valence-electron chi connectivity index (χ0n) is 12.1. The molecule has 0 radical (unpaired) electrons. The second-order valence-electron chi connectivity index (χ2n) is 4.81. The number of nitriles is 1. The number of aromatic nitrogens is 2. The van der Waals surface area contributed by atoms with Crippen LogP contribution in [0.3, 0.4) is 0 Å². The number of rotatable bonds is 2. The zero-order valence-corrected chi connectivity index (χ0v) is 12.1. The molecule has 0 fully saturated rings. The lowest BCUT2D eigenvalue weighted by molar-refractivity contribution is 0.0593. The molecule has 6 nitrogen and oxygen atoms in total. The summed E-state index contributed by atoms with van der Waals surface area (Å²) in [5.74, 6) is -1.09. The number of esters is 1. The van der Waals surface area contributed by atoms with Crippen LogP contribution in [-0.2, 0) is 4.74 Å². The molecule has 0 bridgehead atoms. The average molecular weight is 310 g/mol. The first-order valence-electron chi connectivity index (χ1n) is 6.60. The molecule has 2 aromatic heterocycles. The summed E-state index contributed by atoms with van der Waals surface area (Å²) in [5, 5.41) is 9.73. The Hall–Kier alpha value is -3.40. The Balaban J connectivity index is 2.24. The second-order valence-corrected chi connectivity index (χ2v) is 4.81. The van der Waals surface area contributed by atoms with Crippen molar-refractivity contribution in [3.63, 3.8) is 0 Å². The molecule has 0 atom stereocenters. The van der Waals surface area contributed by atoms with Gasteiger partial charge in [0, 0.05) is 17.3 Å². The number of hydrogen-bond acceptors (Lipinski definition) is 5. The van der Waals surface area contributed by atoms with Gasteiger partial charge in [-0.3, -0.25) is 4.98 Å². The van der Waals surface area contributed by atoms with E-state index in [1.54, 1.807) is 18.2 Å². The lowest BCUT2D eigenvalue weighted by atomic mass is 10.2. The SMILES string of the molecule is COC(=O)c1c(N)c(C#N)cn1-c1ccc2cc(F)cnc2c1. The minimum Gasteiger partial charge on any atom is -0.464 e. The first-order chi connectivity index (χ1) is 11.0. The predicted octanol–water partition coefficient (Wildman–Crippen LogP) is 2.41. The fraction of sp³-hybridized carbons (Fsp3) is 0.0625. The maximum absolute atomic E-state index is 13.2. The third-order valence-electron chi connectivity index (χ3n) is 3.46. The Labute approximate surface area is 130 Å².